The van der Waals surface area contributed by atoms with Gasteiger partial charge in [0.05, 0.1) is 0 Å². The van der Waals surface area contributed by atoms with Gasteiger partial charge in [-0.2, -0.15) is 0 Å². The van der Waals surface area contributed by atoms with Gasteiger partial charge in [0, 0.05) is 19.3 Å². The Hall–Kier alpha value is -1.59. The lowest BCUT2D eigenvalue weighted by atomic mass is 10.0. The van der Waals surface area contributed by atoms with Gasteiger partial charge in [-0.3, -0.25) is 14.4 Å². The molecule has 0 saturated carbocycles. The van der Waals surface area contributed by atoms with Crippen LogP contribution in [0, 0.1) is 0 Å². The van der Waals surface area contributed by atoms with Crippen molar-refractivity contribution in [1.29, 1.82) is 0 Å². The molecule has 0 aliphatic rings. The fourth-order valence-corrected chi connectivity index (χ4v) is 10.4. The lowest BCUT2D eigenvalue weighted by Crippen LogP contribution is -2.30. The first-order chi connectivity index (χ1) is 35.5. The summed E-state index contributed by atoms with van der Waals surface area (Å²) in [6, 6.07) is 0. The molecule has 0 rings (SSSR count). The van der Waals surface area contributed by atoms with Gasteiger partial charge in [-0.1, -0.05) is 348 Å². The van der Waals surface area contributed by atoms with Crippen LogP contribution < -0.4 is 0 Å². The summed E-state index contributed by atoms with van der Waals surface area (Å²) in [6.07, 6.45) is 71.2. The number of hydrogen-bond donors (Lipinski definition) is 0. The van der Waals surface area contributed by atoms with E-state index in [4.69, 9.17) is 14.2 Å². The number of esters is 3. The van der Waals surface area contributed by atoms with E-state index in [-0.39, 0.29) is 31.1 Å². The van der Waals surface area contributed by atoms with Crippen molar-refractivity contribution in [2.24, 2.45) is 0 Å². The molecule has 0 saturated heterocycles. The summed E-state index contributed by atoms with van der Waals surface area (Å²) in [7, 11) is 0. The van der Waals surface area contributed by atoms with Crippen LogP contribution in [0.1, 0.15) is 387 Å². The summed E-state index contributed by atoms with van der Waals surface area (Å²) >= 11 is 0. The number of hydrogen-bond acceptors (Lipinski definition) is 6. The largest absolute Gasteiger partial charge is 0.462 e. The van der Waals surface area contributed by atoms with E-state index in [2.05, 4.69) is 20.8 Å². The van der Waals surface area contributed by atoms with Crippen molar-refractivity contribution >= 4 is 17.9 Å². The standard InChI is InChI=1S/C66H128O6/c1-4-7-10-13-16-19-22-25-27-29-31-32-33-34-35-37-38-41-44-47-50-53-56-59-65(68)71-62-63(61-70-64(67)58-55-52-49-46-43-40-24-21-18-15-12-9-6-3)72-66(69)60-57-54-51-48-45-42-39-36-30-28-26-23-20-17-14-11-8-5-2/h63H,4-62H2,1-3H3. The number of rotatable bonds is 62. The first kappa shape index (κ1) is 70.4. The van der Waals surface area contributed by atoms with Gasteiger partial charge in [-0.25, -0.2) is 0 Å². The molecule has 0 aromatic heterocycles. The Morgan fingerprint density at radius 1 is 0.222 bits per heavy atom. The normalized spacial score (nSPS) is 11.9. The molecule has 0 heterocycles. The molecule has 0 amide bonds. The molecule has 0 N–H and O–H groups in total. The van der Waals surface area contributed by atoms with Crippen molar-refractivity contribution in [2.45, 2.75) is 393 Å². The van der Waals surface area contributed by atoms with Crippen molar-refractivity contribution in [3.8, 4) is 0 Å². The summed E-state index contributed by atoms with van der Waals surface area (Å²) in [6.45, 7) is 6.73. The molecule has 428 valence electrons. The quantitative estimate of drug-likeness (QED) is 0.0343. The number of ether oxygens (including phenoxy) is 3. The van der Waals surface area contributed by atoms with E-state index < -0.39 is 6.10 Å². The van der Waals surface area contributed by atoms with E-state index in [1.807, 2.05) is 0 Å². The zero-order valence-corrected chi connectivity index (χ0v) is 49.2. The first-order valence-electron chi connectivity index (χ1n) is 33.0. The molecule has 1 unspecified atom stereocenters. The van der Waals surface area contributed by atoms with Crippen molar-refractivity contribution in [3.05, 3.63) is 0 Å². The maximum atomic E-state index is 12.9. The van der Waals surface area contributed by atoms with Gasteiger partial charge in [0.2, 0.25) is 0 Å². The van der Waals surface area contributed by atoms with Gasteiger partial charge in [0.15, 0.2) is 6.10 Å². The molecule has 0 aromatic rings. The molecule has 0 fully saturated rings. The van der Waals surface area contributed by atoms with E-state index in [9.17, 15) is 14.4 Å². The predicted octanol–water partition coefficient (Wildman–Crippen LogP) is 22.3. The average Bonchev–Trinajstić information content (AvgIpc) is 3.38. The molecular formula is C66H128O6. The Morgan fingerprint density at radius 3 is 0.556 bits per heavy atom. The molecule has 0 aliphatic carbocycles. The molecule has 0 aliphatic heterocycles. The zero-order chi connectivity index (χ0) is 52.2. The van der Waals surface area contributed by atoms with Crippen LogP contribution in [-0.2, 0) is 28.6 Å². The van der Waals surface area contributed by atoms with E-state index in [1.165, 1.54) is 289 Å². The van der Waals surface area contributed by atoms with Crippen LogP contribution >= 0.6 is 0 Å². The monoisotopic (exact) mass is 1020 g/mol. The van der Waals surface area contributed by atoms with Gasteiger partial charge < -0.3 is 14.2 Å². The number of carbonyl (C=O) groups is 3. The van der Waals surface area contributed by atoms with E-state index in [1.54, 1.807) is 0 Å². The zero-order valence-electron chi connectivity index (χ0n) is 49.2. The second-order valence-corrected chi connectivity index (χ2v) is 22.8. The highest BCUT2D eigenvalue weighted by Gasteiger charge is 2.19. The van der Waals surface area contributed by atoms with Crippen LogP contribution in [0.5, 0.6) is 0 Å². The highest BCUT2D eigenvalue weighted by molar-refractivity contribution is 5.71. The third kappa shape index (κ3) is 59.3. The molecular weight excluding hydrogens is 889 g/mol. The molecule has 72 heavy (non-hydrogen) atoms. The molecule has 0 spiro atoms. The minimum Gasteiger partial charge on any atom is -0.462 e. The van der Waals surface area contributed by atoms with Crippen molar-refractivity contribution < 1.29 is 28.6 Å². The van der Waals surface area contributed by atoms with Crippen LogP contribution in [0.2, 0.25) is 0 Å². The van der Waals surface area contributed by atoms with Crippen molar-refractivity contribution in [2.75, 3.05) is 13.2 Å². The predicted molar refractivity (Wildman–Crippen MR) is 312 cm³/mol. The summed E-state index contributed by atoms with van der Waals surface area (Å²) < 4.78 is 17.0. The molecule has 0 bridgehead atoms. The summed E-state index contributed by atoms with van der Waals surface area (Å²) in [5.74, 6) is -0.824. The third-order valence-corrected chi connectivity index (χ3v) is 15.4. The van der Waals surface area contributed by atoms with Gasteiger partial charge in [-0.15, -0.1) is 0 Å². The Morgan fingerprint density at radius 2 is 0.375 bits per heavy atom. The lowest BCUT2D eigenvalue weighted by Gasteiger charge is -2.18. The number of unbranched alkanes of at least 4 members (excludes halogenated alkanes) is 51. The second-order valence-electron chi connectivity index (χ2n) is 22.8. The van der Waals surface area contributed by atoms with Gasteiger partial charge in [-0.05, 0) is 19.3 Å². The minimum absolute atomic E-state index is 0.0604. The van der Waals surface area contributed by atoms with Gasteiger partial charge in [0.1, 0.15) is 13.2 Å². The minimum atomic E-state index is -0.762. The Labute approximate surface area is 450 Å². The number of carbonyl (C=O) groups excluding carboxylic acids is 3. The highest BCUT2D eigenvalue weighted by atomic mass is 16.6. The van der Waals surface area contributed by atoms with Crippen molar-refractivity contribution in [3.63, 3.8) is 0 Å². The summed E-state index contributed by atoms with van der Waals surface area (Å²) in [5, 5.41) is 0. The third-order valence-electron chi connectivity index (χ3n) is 15.4. The molecule has 6 heteroatoms. The SMILES string of the molecule is CCCCCCCCCCCCCCCCCCCCCCCCCC(=O)OCC(COC(=O)CCCCCCCCCCCCCCC)OC(=O)CCCCCCCCCCCCCCCCCCCC. The molecule has 6 nitrogen and oxygen atoms in total. The summed E-state index contributed by atoms with van der Waals surface area (Å²) in [5.41, 5.74) is 0. The molecule has 1 atom stereocenters. The maximum Gasteiger partial charge on any atom is 0.306 e. The van der Waals surface area contributed by atoms with Crippen LogP contribution in [0.15, 0.2) is 0 Å². The van der Waals surface area contributed by atoms with Crippen LogP contribution in [0.3, 0.4) is 0 Å². The van der Waals surface area contributed by atoms with E-state index >= 15 is 0 Å². The lowest BCUT2D eigenvalue weighted by molar-refractivity contribution is -0.167. The Bertz CT molecular complexity index is 1080. The van der Waals surface area contributed by atoms with E-state index in [0.29, 0.717) is 19.3 Å². The Balaban J connectivity index is 4.21. The topological polar surface area (TPSA) is 78.9 Å². The van der Waals surface area contributed by atoms with Crippen LogP contribution in [0.4, 0.5) is 0 Å². The fraction of sp³-hybridized carbons (Fsp3) is 0.955. The molecule has 0 radical (unpaired) electrons. The Kier molecular flexibility index (Phi) is 60.6. The van der Waals surface area contributed by atoms with Crippen LogP contribution in [-0.4, -0.2) is 37.2 Å². The maximum absolute atomic E-state index is 12.9. The highest BCUT2D eigenvalue weighted by Crippen LogP contribution is 2.19. The first-order valence-corrected chi connectivity index (χ1v) is 33.0. The van der Waals surface area contributed by atoms with Gasteiger partial charge >= 0.3 is 17.9 Å². The smallest absolute Gasteiger partial charge is 0.306 e. The van der Waals surface area contributed by atoms with Crippen LogP contribution in [0.25, 0.3) is 0 Å². The average molecular weight is 1020 g/mol. The summed E-state index contributed by atoms with van der Waals surface area (Å²) in [4.78, 5) is 38.3. The molecule has 0 aromatic carbocycles. The van der Waals surface area contributed by atoms with Gasteiger partial charge in [0.25, 0.3) is 0 Å². The fourth-order valence-electron chi connectivity index (χ4n) is 10.4. The second kappa shape index (κ2) is 62.0. The van der Waals surface area contributed by atoms with Crippen molar-refractivity contribution in [1.82, 2.24) is 0 Å². The van der Waals surface area contributed by atoms with E-state index in [0.717, 1.165) is 57.8 Å².